The van der Waals surface area contributed by atoms with Crippen LogP contribution in [0.15, 0.2) is 146 Å². The third-order valence-electron chi connectivity index (χ3n) is 8.56. The molecule has 0 saturated carbocycles. The summed E-state index contributed by atoms with van der Waals surface area (Å²) in [7, 11) is 0. The summed E-state index contributed by atoms with van der Waals surface area (Å²) in [6, 6.07) is 46.7. The van der Waals surface area contributed by atoms with Crippen molar-refractivity contribution in [2.24, 2.45) is 0 Å². The molecule has 5 aromatic rings. The fraction of sp³-hybridized carbons (Fsp3) is 0.268. The largest absolute Gasteiger partial charge is 0.374 e. The molecular weight excluding hydrogens is 618 g/mol. The minimum Gasteiger partial charge on any atom is -0.374 e. The SMILES string of the molecule is O=[N+]([O-])c1ccc(C[C@H]2O[C@H](COCc3ccccc3)[C@@H](OCc3ccccc3)[C@H](OCc3ccccc3)[C@H]2OCc2ccccc2)cc1. The molecule has 0 aromatic heterocycles. The van der Waals surface area contributed by atoms with Gasteiger partial charge in [0.25, 0.3) is 5.69 Å². The van der Waals surface area contributed by atoms with Gasteiger partial charge in [-0.05, 0) is 27.8 Å². The van der Waals surface area contributed by atoms with Crippen LogP contribution in [0.4, 0.5) is 5.69 Å². The fourth-order valence-electron chi connectivity index (χ4n) is 6.04. The van der Waals surface area contributed by atoms with Crippen molar-refractivity contribution in [3.05, 3.63) is 184 Å². The van der Waals surface area contributed by atoms with E-state index in [1.165, 1.54) is 12.1 Å². The average Bonchev–Trinajstić information content (AvgIpc) is 3.15. The van der Waals surface area contributed by atoms with Crippen LogP contribution in [-0.2, 0) is 56.5 Å². The standard InChI is InChI=1S/C41H41NO7/c43-42(44)36-23-21-31(22-24-36)25-37-39(46-27-33-15-7-2-8-16-33)41(48-29-35-19-11-4-12-20-35)40(47-28-34-17-9-3-10-18-34)38(49-37)30-45-26-32-13-5-1-6-14-32/h1-24,37-41H,25-30H2/t37-,38-,39+,40-,41-/m1/s1. The van der Waals surface area contributed by atoms with E-state index in [2.05, 4.69) is 0 Å². The van der Waals surface area contributed by atoms with Gasteiger partial charge >= 0.3 is 0 Å². The molecule has 1 heterocycles. The Kier molecular flexibility index (Phi) is 12.3. The molecule has 0 amide bonds. The third-order valence-corrected chi connectivity index (χ3v) is 8.56. The van der Waals surface area contributed by atoms with Crippen molar-refractivity contribution >= 4 is 5.69 Å². The lowest BCUT2D eigenvalue weighted by Crippen LogP contribution is -2.61. The first-order valence-corrected chi connectivity index (χ1v) is 16.6. The third kappa shape index (κ3) is 9.92. The maximum Gasteiger partial charge on any atom is 0.269 e. The maximum absolute atomic E-state index is 11.4. The first-order chi connectivity index (χ1) is 24.1. The molecule has 1 aliphatic heterocycles. The monoisotopic (exact) mass is 659 g/mol. The Bertz CT molecular complexity index is 1690. The summed E-state index contributed by atoms with van der Waals surface area (Å²) in [5.41, 5.74) is 5.07. The predicted octanol–water partition coefficient (Wildman–Crippen LogP) is 7.88. The van der Waals surface area contributed by atoms with E-state index in [1.807, 2.05) is 121 Å². The van der Waals surface area contributed by atoms with Crippen molar-refractivity contribution in [1.82, 2.24) is 0 Å². The number of hydrogen-bond acceptors (Lipinski definition) is 7. The van der Waals surface area contributed by atoms with Crippen LogP contribution in [0, 0.1) is 10.1 Å². The van der Waals surface area contributed by atoms with Gasteiger partial charge < -0.3 is 23.7 Å². The summed E-state index contributed by atoms with van der Waals surface area (Å²) in [4.78, 5) is 11.0. The molecule has 252 valence electrons. The van der Waals surface area contributed by atoms with Gasteiger partial charge in [-0.1, -0.05) is 133 Å². The first kappa shape index (κ1) is 34.2. The Balaban J connectivity index is 1.32. The van der Waals surface area contributed by atoms with E-state index < -0.39 is 35.4 Å². The van der Waals surface area contributed by atoms with Gasteiger partial charge in [0, 0.05) is 18.6 Å². The van der Waals surface area contributed by atoms with Gasteiger partial charge in [0.05, 0.1) is 44.1 Å². The Labute approximate surface area is 287 Å². The lowest BCUT2D eigenvalue weighted by Gasteiger charge is -2.46. The molecule has 49 heavy (non-hydrogen) atoms. The Morgan fingerprint density at radius 1 is 0.490 bits per heavy atom. The number of nitro benzene ring substituents is 1. The van der Waals surface area contributed by atoms with Gasteiger partial charge in [-0.15, -0.1) is 0 Å². The molecule has 1 saturated heterocycles. The van der Waals surface area contributed by atoms with Crippen LogP contribution in [0.5, 0.6) is 0 Å². The van der Waals surface area contributed by atoms with Crippen molar-refractivity contribution < 1.29 is 28.6 Å². The second-order valence-corrected chi connectivity index (χ2v) is 12.1. The molecule has 6 rings (SSSR count). The van der Waals surface area contributed by atoms with Crippen LogP contribution in [0.2, 0.25) is 0 Å². The molecule has 8 nitrogen and oxygen atoms in total. The molecule has 0 N–H and O–H groups in total. The Morgan fingerprint density at radius 3 is 1.35 bits per heavy atom. The van der Waals surface area contributed by atoms with E-state index in [1.54, 1.807) is 12.1 Å². The van der Waals surface area contributed by atoms with Crippen molar-refractivity contribution in [2.75, 3.05) is 6.61 Å². The van der Waals surface area contributed by atoms with E-state index in [0.717, 1.165) is 27.8 Å². The molecule has 0 radical (unpaired) electrons. The van der Waals surface area contributed by atoms with Crippen LogP contribution in [-0.4, -0.2) is 42.1 Å². The van der Waals surface area contributed by atoms with Gasteiger partial charge in [0.15, 0.2) is 0 Å². The molecule has 1 fully saturated rings. The number of hydrogen-bond donors (Lipinski definition) is 0. The normalized spacial score (nSPS) is 20.5. The summed E-state index contributed by atoms with van der Waals surface area (Å²) in [6.07, 6.45) is -2.11. The number of rotatable bonds is 16. The van der Waals surface area contributed by atoms with E-state index in [4.69, 9.17) is 23.7 Å². The highest BCUT2D eigenvalue weighted by atomic mass is 16.6. The van der Waals surface area contributed by atoms with Crippen molar-refractivity contribution in [3.63, 3.8) is 0 Å². The molecule has 0 aliphatic carbocycles. The maximum atomic E-state index is 11.4. The zero-order chi connectivity index (χ0) is 33.7. The number of non-ortho nitro benzene ring substituents is 1. The summed E-state index contributed by atoms with van der Waals surface area (Å²) in [6.45, 7) is 1.74. The Morgan fingerprint density at radius 2 is 0.898 bits per heavy atom. The second-order valence-electron chi connectivity index (χ2n) is 12.1. The molecule has 8 heteroatoms. The van der Waals surface area contributed by atoms with E-state index in [0.29, 0.717) is 32.8 Å². The number of nitro groups is 1. The number of ether oxygens (including phenoxy) is 5. The predicted molar refractivity (Wildman–Crippen MR) is 187 cm³/mol. The molecule has 5 atom stereocenters. The first-order valence-electron chi connectivity index (χ1n) is 16.6. The van der Waals surface area contributed by atoms with E-state index in [-0.39, 0.29) is 12.3 Å². The van der Waals surface area contributed by atoms with Crippen LogP contribution >= 0.6 is 0 Å². The smallest absolute Gasteiger partial charge is 0.269 e. The lowest BCUT2D eigenvalue weighted by molar-refractivity contribution is -0.384. The molecule has 0 bridgehead atoms. The van der Waals surface area contributed by atoms with Gasteiger partial charge in [-0.3, -0.25) is 10.1 Å². The molecule has 1 aliphatic rings. The van der Waals surface area contributed by atoms with Crippen molar-refractivity contribution in [2.45, 2.75) is 63.4 Å². The lowest BCUT2D eigenvalue weighted by atomic mass is 9.90. The zero-order valence-electron chi connectivity index (χ0n) is 27.3. The van der Waals surface area contributed by atoms with Crippen LogP contribution in [0.3, 0.4) is 0 Å². The summed E-state index contributed by atoms with van der Waals surface area (Å²) in [5.74, 6) is 0. The minimum atomic E-state index is -0.537. The Hall–Kier alpha value is -4.70. The highest BCUT2D eigenvalue weighted by molar-refractivity contribution is 5.33. The van der Waals surface area contributed by atoms with Crippen molar-refractivity contribution in [3.8, 4) is 0 Å². The average molecular weight is 660 g/mol. The summed E-state index contributed by atoms with van der Waals surface area (Å²) < 4.78 is 33.5. The highest BCUT2D eigenvalue weighted by Gasteiger charge is 2.48. The highest BCUT2D eigenvalue weighted by Crippen LogP contribution is 2.33. The summed E-state index contributed by atoms with van der Waals surface area (Å²) >= 11 is 0. The van der Waals surface area contributed by atoms with Gasteiger partial charge in [-0.2, -0.15) is 0 Å². The quantitative estimate of drug-likeness (QED) is 0.0787. The topological polar surface area (TPSA) is 89.3 Å². The fourth-order valence-corrected chi connectivity index (χ4v) is 6.04. The van der Waals surface area contributed by atoms with E-state index >= 15 is 0 Å². The van der Waals surface area contributed by atoms with Crippen LogP contribution in [0.1, 0.15) is 27.8 Å². The molecular formula is C41H41NO7. The van der Waals surface area contributed by atoms with Gasteiger partial charge in [-0.25, -0.2) is 0 Å². The number of nitrogens with zero attached hydrogens (tertiary/aromatic N) is 1. The molecule has 0 unspecified atom stereocenters. The zero-order valence-corrected chi connectivity index (χ0v) is 27.3. The molecule has 0 spiro atoms. The van der Waals surface area contributed by atoms with Gasteiger partial charge in [0.2, 0.25) is 0 Å². The minimum absolute atomic E-state index is 0.0378. The molecule has 5 aromatic carbocycles. The number of benzene rings is 5. The van der Waals surface area contributed by atoms with Crippen molar-refractivity contribution in [1.29, 1.82) is 0 Å². The van der Waals surface area contributed by atoms with Gasteiger partial charge in [0.1, 0.15) is 24.4 Å². The summed E-state index contributed by atoms with van der Waals surface area (Å²) in [5, 5.41) is 11.4. The van der Waals surface area contributed by atoms with Crippen LogP contribution < -0.4 is 0 Å². The van der Waals surface area contributed by atoms with Crippen LogP contribution in [0.25, 0.3) is 0 Å². The van der Waals surface area contributed by atoms with E-state index in [9.17, 15) is 10.1 Å². The second kappa shape index (κ2) is 17.6.